The molecule has 1 N–H and O–H groups in total. The molecule has 1 atom stereocenters. The van der Waals surface area contributed by atoms with Crippen molar-refractivity contribution in [3.8, 4) is 11.8 Å². The fraction of sp³-hybridized carbons (Fsp3) is 0.333. The highest BCUT2D eigenvalue weighted by atomic mass is 16.6. The minimum atomic E-state index is -1.13. The Labute approximate surface area is 116 Å². The van der Waals surface area contributed by atoms with Gasteiger partial charge in [-0.05, 0) is 42.4 Å². The number of carboxylic acids is 1. The van der Waals surface area contributed by atoms with Crippen molar-refractivity contribution in [2.45, 2.75) is 32.1 Å². The maximum atomic E-state index is 10.8. The lowest BCUT2D eigenvalue weighted by Crippen LogP contribution is -2.08. The summed E-state index contributed by atoms with van der Waals surface area (Å²) >= 11 is 0. The van der Waals surface area contributed by atoms with Crippen molar-refractivity contribution in [2.24, 2.45) is 0 Å². The summed E-state index contributed by atoms with van der Waals surface area (Å²) in [7, 11) is 0. The highest BCUT2D eigenvalue weighted by Crippen LogP contribution is 2.37. The average Bonchev–Trinajstić information content (AvgIpc) is 2.89. The third-order valence-corrected chi connectivity index (χ3v) is 3.66. The van der Waals surface area contributed by atoms with Crippen LogP contribution in [0.2, 0.25) is 0 Å². The van der Waals surface area contributed by atoms with Gasteiger partial charge in [0.1, 0.15) is 12.0 Å². The van der Waals surface area contributed by atoms with Crippen molar-refractivity contribution in [1.82, 2.24) is 4.98 Å². The summed E-state index contributed by atoms with van der Waals surface area (Å²) in [6.07, 6.45) is 4.31. The van der Waals surface area contributed by atoms with E-state index in [0.29, 0.717) is 11.7 Å². The van der Waals surface area contributed by atoms with E-state index >= 15 is 0 Å². The zero-order chi connectivity index (χ0) is 14.1. The molecule has 1 aromatic carbocycles. The molecule has 1 aliphatic carbocycles. The van der Waals surface area contributed by atoms with Crippen LogP contribution in [0.15, 0.2) is 28.9 Å². The van der Waals surface area contributed by atoms with Crippen molar-refractivity contribution < 1.29 is 19.1 Å². The van der Waals surface area contributed by atoms with Crippen molar-refractivity contribution in [1.29, 1.82) is 0 Å². The Balaban J connectivity index is 1.90. The molecule has 5 nitrogen and oxygen atoms in total. The monoisotopic (exact) mass is 273 g/mol. The number of oxazole rings is 1. The fourth-order valence-electron chi connectivity index (χ4n) is 2.64. The van der Waals surface area contributed by atoms with Crippen molar-refractivity contribution in [2.75, 3.05) is 0 Å². The summed E-state index contributed by atoms with van der Waals surface area (Å²) in [6.45, 7) is 2.20. The second-order valence-corrected chi connectivity index (χ2v) is 5.02. The molecule has 0 amide bonds. The highest BCUT2D eigenvalue weighted by Gasteiger charge is 2.21. The average molecular weight is 273 g/mol. The van der Waals surface area contributed by atoms with Crippen LogP contribution in [0.3, 0.4) is 0 Å². The number of carbonyl (C=O) groups is 1. The van der Waals surface area contributed by atoms with E-state index in [1.54, 1.807) is 0 Å². The number of ether oxygens (including phenoxy) is 1. The summed E-state index contributed by atoms with van der Waals surface area (Å²) in [5.74, 6) is 0.0848. The topological polar surface area (TPSA) is 72.6 Å². The lowest BCUT2D eigenvalue weighted by atomic mass is 9.83. The van der Waals surface area contributed by atoms with Crippen LogP contribution >= 0.6 is 0 Å². The summed E-state index contributed by atoms with van der Waals surface area (Å²) in [4.78, 5) is 14.5. The van der Waals surface area contributed by atoms with Gasteiger partial charge < -0.3 is 14.3 Å². The number of aromatic carboxylic acids is 1. The fourth-order valence-corrected chi connectivity index (χ4v) is 2.64. The molecule has 3 rings (SSSR count). The summed E-state index contributed by atoms with van der Waals surface area (Å²) < 4.78 is 10.6. The van der Waals surface area contributed by atoms with Gasteiger partial charge >= 0.3 is 12.0 Å². The van der Waals surface area contributed by atoms with Gasteiger partial charge in [0.2, 0.25) is 0 Å². The third-order valence-electron chi connectivity index (χ3n) is 3.66. The van der Waals surface area contributed by atoms with Gasteiger partial charge in [-0.3, -0.25) is 0 Å². The predicted molar refractivity (Wildman–Crippen MR) is 71.3 cm³/mol. The van der Waals surface area contributed by atoms with E-state index in [-0.39, 0.29) is 11.8 Å². The maximum Gasteiger partial charge on any atom is 0.399 e. The molecule has 1 heterocycles. The Kier molecular flexibility index (Phi) is 3.18. The van der Waals surface area contributed by atoms with Crippen LogP contribution in [0.25, 0.3) is 0 Å². The first-order chi connectivity index (χ1) is 9.65. The summed E-state index contributed by atoms with van der Waals surface area (Å²) in [5.41, 5.74) is 2.30. The van der Waals surface area contributed by atoms with E-state index < -0.39 is 5.97 Å². The molecule has 20 heavy (non-hydrogen) atoms. The molecule has 0 spiro atoms. The number of hydrogen-bond donors (Lipinski definition) is 1. The zero-order valence-electron chi connectivity index (χ0n) is 11.1. The molecule has 0 radical (unpaired) electrons. The molecule has 5 heteroatoms. The van der Waals surface area contributed by atoms with Gasteiger partial charge in [0.25, 0.3) is 0 Å². The van der Waals surface area contributed by atoms with E-state index in [1.165, 1.54) is 17.5 Å². The Hall–Kier alpha value is -2.30. The molecule has 0 saturated carbocycles. The maximum absolute atomic E-state index is 10.8. The molecule has 1 unspecified atom stereocenters. The van der Waals surface area contributed by atoms with E-state index in [1.807, 2.05) is 12.1 Å². The van der Waals surface area contributed by atoms with E-state index in [0.717, 1.165) is 19.1 Å². The minimum Gasteiger partial charge on any atom is -0.476 e. The lowest BCUT2D eigenvalue weighted by Gasteiger charge is -2.23. The Morgan fingerprint density at radius 2 is 2.35 bits per heavy atom. The van der Waals surface area contributed by atoms with E-state index in [4.69, 9.17) is 14.3 Å². The first-order valence-electron chi connectivity index (χ1n) is 6.63. The standard InChI is InChI=1S/C15H15NO4/c1-9-4-2-6-11-10(9)5-3-7-13(11)20-15-16-12(8-19-15)14(17)18/h3,5,7-9H,2,4,6H2,1H3,(H,17,18). The number of fused-ring (bicyclic) bond motifs is 1. The van der Waals surface area contributed by atoms with Crippen molar-refractivity contribution in [3.05, 3.63) is 41.3 Å². The Morgan fingerprint density at radius 1 is 1.50 bits per heavy atom. The lowest BCUT2D eigenvalue weighted by molar-refractivity contribution is 0.0690. The SMILES string of the molecule is CC1CCCc2c(Oc3nc(C(=O)O)co3)cccc21. The quantitative estimate of drug-likeness (QED) is 0.924. The van der Waals surface area contributed by atoms with Crippen molar-refractivity contribution >= 4 is 5.97 Å². The third kappa shape index (κ3) is 2.27. The van der Waals surface area contributed by atoms with Gasteiger partial charge in [0.15, 0.2) is 5.69 Å². The van der Waals surface area contributed by atoms with Gasteiger partial charge in [0, 0.05) is 0 Å². The molecular formula is C15H15NO4. The largest absolute Gasteiger partial charge is 0.476 e. The first kappa shape index (κ1) is 12.7. The molecule has 1 aliphatic rings. The van der Waals surface area contributed by atoms with E-state index in [9.17, 15) is 4.79 Å². The number of nitrogens with zero attached hydrogens (tertiary/aromatic N) is 1. The van der Waals surface area contributed by atoms with Gasteiger partial charge in [-0.2, -0.15) is 4.98 Å². The van der Waals surface area contributed by atoms with Crippen molar-refractivity contribution in [3.63, 3.8) is 0 Å². The van der Waals surface area contributed by atoms with Crippen LogP contribution in [-0.2, 0) is 6.42 Å². The second kappa shape index (κ2) is 5.00. The van der Waals surface area contributed by atoms with Crippen LogP contribution in [0.4, 0.5) is 0 Å². The molecule has 0 fully saturated rings. The second-order valence-electron chi connectivity index (χ2n) is 5.02. The number of rotatable bonds is 3. The van der Waals surface area contributed by atoms with Crippen LogP contribution in [0, 0.1) is 0 Å². The molecule has 104 valence electrons. The molecule has 0 saturated heterocycles. The smallest absolute Gasteiger partial charge is 0.399 e. The molecular weight excluding hydrogens is 258 g/mol. The van der Waals surface area contributed by atoms with Gasteiger partial charge in [0.05, 0.1) is 0 Å². The Morgan fingerprint density at radius 3 is 3.10 bits per heavy atom. The Bertz CT molecular complexity index is 647. The summed E-state index contributed by atoms with van der Waals surface area (Å²) in [6, 6.07) is 5.92. The van der Waals surface area contributed by atoms with Gasteiger partial charge in [-0.15, -0.1) is 0 Å². The summed E-state index contributed by atoms with van der Waals surface area (Å²) in [5, 5.41) is 8.81. The van der Waals surface area contributed by atoms with Gasteiger partial charge in [-0.25, -0.2) is 4.79 Å². The van der Waals surface area contributed by atoms with E-state index in [2.05, 4.69) is 18.0 Å². The van der Waals surface area contributed by atoms with Crippen LogP contribution in [0.1, 0.15) is 47.3 Å². The number of aromatic nitrogens is 1. The number of carboxylic acid groups (broad SMARTS) is 1. The van der Waals surface area contributed by atoms with Crippen LogP contribution < -0.4 is 4.74 Å². The number of benzene rings is 1. The zero-order valence-corrected chi connectivity index (χ0v) is 11.1. The first-order valence-corrected chi connectivity index (χ1v) is 6.63. The number of hydrogen-bond acceptors (Lipinski definition) is 4. The molecule has 1 aromatic heterocycles. The highest BCUT2D eigenvalue weighted by molar-refractivity contribution is 5.84. The van der Waals surface area contributed by atoms with Crippen LogP contribution in [0.5, 0.6) is 11.8 Å². The van der Waals surface area contributed by atoms with Gasteiger partial charge in [-0.1, -0.05) is 19.1 Å². The molecule has 2 aromatic rings. The normalized spacial score (nSPS) is 17.6. The van der Waals surface area contributed by atoms with Crippen LogP contribution in [-0.4, -0.2) is 16.1 Å². The minimum absolute atomic E-state index is 0.0333. The predicted octanol–water partition coefficient (Wildman–Crippen LogP) is 3.60. The molecule has 0 aliphatic heterocycles. The molecule has 0 bridgehead atoms.